The van der Waals surface area contributed by atoms with Crippen LogP contribution in [0.3, 0.4) is 0 Å². The lowest BCUT2D eigenvalue weighted by atomic mass is 10.1. The third-order valence-electron chi connectivity index (χ3n) is 4.49. The summed E-state index contributed by atoms with van der Waals surface area (Å²) in [6, 6.07) is 13.6. The molecule has 156 valence electrons. The Morgan fingerprint density at radius 1 is 1.00 bits per heavy atom. The topological polar surface area (TPSA) is 97.6 Å². The molecular weight excluding hydrogens is 384 g/mol. The van der Waals surface area contributed by atoms with Crippen molar-refractivity contribution in [1.82, 2.24) is 15.0 Å². The van der Waals surface area contributed by atoms with Crippen LogP contribution in [0.4, 0.5) is 5.69 Å². The Labute approximate surface area is 174 Å². The first-order valence-electron chi connectivity index (χ1n) is 9.73. The standard InChI is InChI=1S/C22H24N4O4/c1-4-26(5-2)22(28)17-6-10-18(11-7-17)24-21(27)16-8-12-19(13-9-16)29-14-20-23-15(3)30-25-20/h6-13H,4-5,14H2,1-3H3,(H,24,27). The molecule has 30 heavy (non-hydrogen) atoms. The maximum absolute atomic E-state index is 12.5. The number of hydrogen-bond donors (Lipinski definition) is 1. The Hall–Kier alpha value is -3.68. The van der Waals surface area contributed by atoms with Gasteiger partial charge in [-0.05, 0) is 62.4 Å². The van der Waals surface area contributed by atoms with Crippen LogP contribution in [0.2, 0.25) is 0 Å². The second-order valence-corrected chi connectivity index (χ2v) is 6.55. The van der Waals surface area contributed by atoms with Crippen LogP contribution in [0.15, 0.2) is 53.1 Å². The number of hydrogen-bond acceptors (Lipinski definition) is 6. The van der Waals surface area contributed by atoms with E-state index in [0.29, 0.717) is 47.4 Å². The highest BCUT2D eigenvalue weighted by Gasteiger charge is 2.13. The summed E-state index contributed by atoms with van der Waals surface area (Å²) in [4.78, 5) is 30.6. The number of benzene rings is 2. The average molecular weight is 408 g/mol. The van der Waals surface area contributed by atoms with Crippen molar-refractivity contribution in [2.24, 2.45) is 0 Å². The van der Waals surface area contributed by atoms with Crippen LogP contribution in [-0.2, 0) is 6.61 Å². The van der Waals surface area contributed by atoms with Crippen molar-refractivity contribution >= 4 is 17.5 Å². The molecular formula is C22H24N4O4. The van der Waals surface area contributed by atoms with E-state index >= 15 is 0 Å². The molecule has 0 radical (unpaired) electrons. The molecule has 0 aliphatic heterocycles. The molecule has 1 heterocycles. The number of carbonyl (C=O) groups excluding carboxylic acids is 2. The largest absolute Gasteiger partial charge is 0.485 e. The minimum Gasteiger partial charge on any atom is -0.485 e. The van der Waals surface area contributed by atoms with Crippen molar-refractivity contribution in [1.29, 1.82) is 0 Å². The smallest absolute Gasteiger partial charge is 0.255 e. The minimum absolute atomic E-state index is 0.0237. The first-order valence-corrected chi connectivity index (χ1v) is 9.73. The predicted molar refractivity (Wildman–Crippen MR) is 111 cm³/mol. The lowest BCUT2D eigenvalue weighted by molar-refractivity contribution is 0.0773. The summed E-state index contributed by atoms with van der Waals surface area (Å²) >= 11 is 0. The maximum Gasteiger partial charge on any atom is 0.255 e. The highest BCUT2D eigenvalue weighted by Crippen LogP contribution is 2.16. The zero-order valence-corrected chi connectivity index (χ0v) is 17.2. The van der Waals surface area contributed by atoms with Crippen molar-refractivity contribution in [3.63, 3.8) is 0 Å². The summed E-state index contributed by atoms with van der Waals surface area (Å²) in [5.74, 6) is 1.25. The summed E-state index contributed by atoms with van der Waals surface area (Å²) in [6.07, 6.45) is 0. The Morgan fingerprint density at radius 2 is 1.63 bits per heavy atom. The molecule has 1 aromatic heterocycles. The molecule has 0 spiro atoms. The fourth-order valence-electron chi connectivity index (χ4n) is 2.84. The summed E-state index contributed by atoms with van der Waals surface area (Å²) < 4.78 is 10.5. The molecule has 8 heteroatoms. The number of nitrogens with zero attached hydrogens (tertiary/aromatic N) is 3. The molecule has 0 saturated heterocycles. The van der Waals surface area contributed by atoms with Crippen molar-refractivity contribution in [3.8, 4) is 5.75 Å². The van der Waals surface area contributed by atoms with E-state index < -0.39 is 0 Å². The number of ether oxygens (including phenoxy) is 1. The van der Waals surface area contributed by atoms with Gasteiger partial charge in [0.1, 0.15) is 5.75 Å². The van der Waals surface area contributed by atoms with Gasteiger partial charge in [-0.25, -0.2) is 0 Å². The zero-order valence-electron chi connectivity index (χ0n) is 17.2. The van der Waals surface area contributed by atoms with E-state index in [1.54, 1.807) is 60.4 Å². The molecule has 3 rings (SSSR count). The first kappa shape index (κ1) is 21.0. The summed E-state index contributed by atoms with van der Waals surface area (Å²) in [5, 5.41) is 6.59. The summed E-state index contributed by atoms with van der Waals surface area (Å²) in [7, 11) is 0. The van der Waals surface area contributed by atoms with E-state index in [1.807, 2.05) is 13.8 Å². The van der Waals surface area contributed by atoms with Crippen molar-refractivity contribution in [3.05, 3.63) is 71.4 Å². The SMILES string of the molecule is CCN(CC)C(=O)c1ccc(NC(=O)c2ccc(OCc3noc(C)n3)cc2)cc1. The van der Waals surface area contributed by atoms with Crippen molar-refractivity contribution in [2.75, 3.05) is 18.4 Å². The normalized spacial score (nSPS) is 10.5. The van der Waals surface area contributed by atoms with E-state index in [0.717, 1.165) is 0 Å². The highest BCUT2D eigenvalue weighted by atomic mass is 16.5. The lowest BCUT2D eigenvalue weighted by Crippen LogP contribution is -2.30. The minimum atomic E-state index is -0.252. The van der Waals surface area contributed by atoms with Crippen molar-refractivity contribution < 1.29 is 18.8 Å². The van der Waals surface area contributed by atoms with Gasteiger partial charge >= 0.3 is 0 Å². The zero-order chi connectivity index (χ0) is 21.5. The number of aryl methyl sites for hydroxylation is 1. The quantitative estimate of drug-likeness (QED) is 0.610. The van der Waals surface area contributed by atoms with Crippen LogP contribution in [0.5, 0.6) is 5.75 Å². The van der Waals surface area contributed by atoms with E-state index in [-0.39, 0.29) is 18.4 Å². The second kappa shape index (κ2) is 9.69. The Balaban J connectivity index is 1.57. The van der Waals surface area contributed by atoms with Gasteiger partial charge in [-0.15, -0.1) is 0 Å². The molecule has 0 saturated carbocycles. The van der Waals surface area contributed by atoms with Gasteiger partial charge in [0.2, 0.25) is 11.7 Å². The molecule has 8 nitrogen and oxygen atoms in total. The van der Waals surface area contributed by atoms with Crippen LogP contribution < -0.4 is 10.1 Å². The fourth-order valence-corrected chi connectivity index (χ4v) is 2.84. The fraction of sp³-hybridized carbons (Fsp3) is 0.273. The van der Waals surface area contributed by atoms with E-state index in [1.165, 1.54) is 0 Å². The van der Waals surface area contributed by atoms with Crippen LogP contribution in [0.1, 0.15) is 46.3 Å². The molecule has 3 aromatic rings. The maximum atomic E-state index is 12.5. The van der Waals surface area contributed by atoms with Gasteiger partial charge in [0.15, 0.2) is 6.61 Å². The number of nitrogens with one attached hydrogen (secondary N) is 1. The van der Waals surface area contributed by atoms with Crippen LogP contribution in [0, 0.1) is 6.92 Å². The highest BCUT2D eigenvalue weighted by molar-refractivity contribution is 6.04. The van der Waals surface area contributed by atoms with E-state index in [9.17, 15) is 9.59 Å². The van der Waals surface area contributed by atoms with Gasteiger partial charge in [0, 0.05) is 36.8 Å². The van der Waals surface area contributed by atoms with Gasteiger partial charge in [0.25, 0.3) is 11.8 Å². The van der Waals surface area contributed by atoms with E-state index in [4.69, 9.17) is 9.26 Å². The number of rotatable bonds is 8. The van der Waals surface area contributed by atoms with Crippen molar-refractivity contribution in [2.45, 2.75) is 27.4 Å². The van der Waals surface area contributed by atoms with Crippen LogP contribution >= 0.6 is 0 Å². The second-order valence-electron chi connectivity index (χ2n) is 6.55. The van der Waals surface area contributed by atoms with Crippen LogP contribution in [-0.4, -0.2) is 39.9 Å². The third kappa shape index (κ3) is 5.22. The van der Waals surface area contributed by atoms with Gasteiger partial charge in [-0.2, -0.15) is 4.98 Å². The molecule has 1 N–H and O–H groups in total. The summed E-state index contributed by atoms with van der Waals surface area (Å²) in [5.41, 5.74) is 1.69. The monoisotopic (exact) mass is 408 g/mol. The lowest BCUT2D eigenvalue weighted by Gasteiger charge is -2.18. The number of carbonyl (C=O) groups is 2. The molecule has 0 fully saturated rings. The van der Waals surface area contributed by atoms with Gasteiger partial charge in [-0.3, -0.25) is 9.59 Å². The van der Waals surface area contributed by atoms with Gasteiger partial charge in [0.05, 0.1) is 0 Å². The third-order valence-corrected chi connectivity index (χ3v) is 4.49. The molecule has 0 unspecified atom stereocenters. The van der Waals surface area contributed by atoms with Gasteiger partial charge < -0.3 is 19.5 Å². The number of anilines is 1. The molecule has 0 atom stereocenters. The van der Waals surface area contributed by atoms with Gasteiger partial charge in [-0.1, -0.05) is 5.16 Å². The van der Waals surface area contributed by atoms with E-state index in [2.05, 4.69) is 15.5 Å². The number of aromatic nitrogens is 2. The summed E-state index contributed by atoms with van der Waals surface area (Å²) in [6.45, 7) is 7.09. The van der Waals surface area contributed by atoms with Crippen LogP contribution in [0.25, 0.3) is 0 Å². The molecule has 0 bridgehead atoms. The average Bonchev–Trinajstić information content (AvgIpc) is 3.19. The first-order chi connectivity index (χ1) is 14.5. The Bertz CT molecular complexity index is 993. The Morgan fingerprint density at radius 3 is 2.20 bits per heavy atom. The molecule has 2 aromatic carbocycles. The predicted octanol–water partition coefficient (Wildman–Crippen LogP) is 3.69. The molecule has 0 aliphatic rings. The molecule has 2 amide bonds. The Kier molecular flexibility index (Phi) is 6.79. The number of amides is 2. The molecule has 0 aliphatic carbocycles.